The van der Waals surface area contributed by atoms with Crippen LogP contribution < -0.4 is 5.73 Å². The molecule has 0 aliphatic rings. The minimum Gasteiger partial charge on any atom is -0.381 e. The van der Waals surface area contributed by atoms with Crippen LogP contribution in [0.1, 0.15) is 0 Å². The molecule has 14 heavy (non-hydrogen) atoms. The molecule has 0 saturated carbocycles. The summed E-state index contributed by atoms with van der Waals surface area (Å²) in [5.74, 6) is 0.279. The molecule has 3 nitrogen and oxygen atoms in total. The Kier molecular flexibility index (Phi) is 2.35. The third-order valence-corrected chi connectivity index (χ3v) is 2.59. The van der Waals surface area contributed by atoms with E-state index in [1.807, 2.05) is 18.2 Å². The molecule has 0 aliphatic carbocycles. The van der Waals surface area contributed by atoms with Gasteiger partial charge in [0, 0.05) is 10.6 Å². The first-order chi connectivity index (χ1) is 6.70. The van der Waals surface area contributed by atoms with E-state index in [0.717, 1.165) is 5.56 Å². The van der Waals surface area contributed by atoms with Crippen LogP contribution in [-0.4, -0.2) is 10.2 Å². The average Bonchev–Trinajstić information content (AvgIpc) is 2.49. The summed E-state index contributed by atoms with van der Waals surface area (Å²) in [6.45, 7) is 0. The van der Waals surface area contributed by atoms with Crippen LogP contribution in [0.15, 0.2) is 24.3 Å². The highest BCUT2D eigenvalue weighted by Crippen LogP contribution is 2.33. The number of H-pyrrole nitrogens is 1. The largest absolute Gasteiger partial charge is 0.381 e. The van der Waals surface area contributed by atoms with Crippen molar-refractivity contribution in [2.45, 2.75) is 0 Å². The molecule has 3 N–H and O–H groups in total. The molecule has 0 radical (unpaired) electrons. The van der Waals surface area contributed by atoms with Crippen molar-refractivity contribution in [2.24, 2.45) is 0 Å². The van der Waals surface area contributed by atoms with E-state index < -0.39 is 0 Å². The van der Waals surface area contributed by atoms with Gasteiger partial charge in [0.15, 0.2) is 5.82 Å². The van der Waals surface area contributed by atoms with E-state index in [1.165, 1.54) is 0 Å². The second-order valence-corrected chi connectivity index (χ2v) is 3.56. The number of halogens is 2. The molecule has 0 saturated heterocycles. The fraction of sp³-hybridized carbons (Fsp3) is 0. The molecule has 2 aromatic rings. The number of aromatic nitrogens is 2. The van der Waals surface area contributed by atoms with Crippen LogP contribution in [0, 0.1) is 0 Å². The molecule has 2 rings (SSSR count). The molecule has 0 fully saturated rings. The van der Waals surface area contributed by atoms with E-state index in [9.17, 15) is 0 Å². The van der Waals surface area contributed by atoms with E-state index in [1.54, 1.807) is 6.07 Å². The van der Waals surface area contributed by atoms with Crippen molar-refractivity contribution in [3.63, 3.8) is 0 Å². The maximum absolute atomic E-state index is 5.99. The summed E-state index contributed by atoms with van der Waals surface area (Å²) in [5.41, 5.74) is 6.95. The zero-order valence-electron chi connectivity index (χ0n) is 7.09. The fourth-order valence-electron chi connectivity index (χ4n) is 1.18. The lowest BCUT2D eigenvalue weighted by Crippen LogP contribution is -1.83. The molecule has 0 unspecified atom stereocenters. The summed E-state index contributed by atoms with van der Waals surface area (Å²) in [5, 5.41) is 7.55. The van der Waals surface area contributed by atoms with E-state index in [2.05, 4.69) is 10.2 Å². The summed E-state index contributed by atoms with van der Waals surface area (Å²) in [7, 11) is 0. The van der Waals surface area contributed by atoms with Gasteiger partial charge in [0.1, 0.15) is 5.02 Å². The minimum absolute atomic E-state index is 0.279. The first-order valence-corrected chi connectivity index (χ1v) is 4.70. The molecular formula is C9H7Cl2N3. The van der Waals surface area contributed by atoms with Crippen molar-refractivity contribution in [1.82, 2.24) is 10.2 Å². The number of benzene rings is 1. The number of nitrogens with one attached hydrogen (secondary N) is 1. The van der Waals surface area contributed by atoms with Crippen molar-refractivity contribution >= 4 is 29.0 Å². The molecule has 0 atom stereocenters. The summed E-state index contributed by atoms with van der Waals surface area (Å²) in [4.78, 5) is 0. The van der Waals surface area contributed by atoms with Crippen molar-refractivity contribution in [1.29, 1.82) is 0 Å². The second kappa shape index (κ2) is 3.52. The third-order valence-electron chi connectivity index (χ3n) is 1.88. The summed E-state index contributed by atoms with van der Waals surface area (Å²) < 4.78 is 0. The Bertz CT molecular complexity index is 465. The van der Waals surface area contributed by atoms with Crippen molar-refractivity contribution in [2.75, 3.05) is 5.73 Å². The van der Waals surface area contributed by atoms with Gasteiger partial charge in [0.25, 0.3) is 0 Å². The maximum Gasteiger partial charge on any atom is 0.164 e. The molecule has 0 aliphatic heterocycles. The standard InChI is InChI=1S/C9H7Cl2N3/c10-6-4-2-1-3-5(6)8-7(11)9(12)14-13-8/h1-4H,(H3,12,13,14). The number of hydrogen-bond donors (Lipinski definition) is 2. The van der Waals surface area contributed by atoms with E-state index in [-0.39, 0.29) is 5.82 Å². The Morgan fingerprint density at radius 1 is 1.21 bits per heavy atom. The molecule has 1 aromatic heterocycles. The van der Waals surface area contributed by atoms with Gasteiger partial charge in [-0.05, 0) is 6.07 Å². The number of anilines is 1. The fourth-order valence-corrected chi connectivity index (χ4v) is 1.60. The number of nitrogens with zero attached hydrogens (tertiary/aromatic N) is 1. The zero-order chi connectivity index (χ0) is 10.1. The van der Waals surface area contributed by atoms with E-state index >= 15 is 0 Å². The minimum atomic E-state index is 0.279. The molecule has 0 spiro atoms. The summed E-state index contributed by atoms with van der Waals surface area (Å²) in [6.07, 6.45) is 0. The first-order valence-electron chi connectivity index (χ1n) is 3.94. The van der Waals surface area contributed by atoms with Crippen molar-refractivity contribution < 1.29 is 0 Å². The van der Waals surface area contributed by atoms with Crippen LogP contribution in [-0.2, 0) is 0 Å². The predicted molar refractivity (Wildman–Crippen MR) is 58.5 cm³/mol. The number of nitrogen functional groups attached to an aromatic ring is 1. The van der Waals surface area contributed by atoms with Gasteiger partial charge in [0.05, 0.1) is 5.69 Å². The second-order valence-electron chi connectivity index (χ2n) is 2.78. The zero-order valence-corrected chi connectivity index (χ0v) is 8.60. The lowest BCUT2D eigenvalue weighted by atomic mass is 10.1. The van der Waals surface area contributed by atoms with E-state index in [4.69, 9.17) is 28.9 Å². The van der Waals surface area contributed by atoms with Crippen LogP contribution >= 0.6 is 23.2 Å². The van der Waals surface area contributed by atoms with E-state index in [0.29, 0.717) is 15.7 Å². The first kappa shape index (κ1) is 9.37. The number of nitrogens with two attached hydrogens (primary N) is 1. The number of aromatic amines is 1. The summed E-state index contributed by atoms with van der Waals surface area (Å²) >= 11 is 11.9. The average molecular weight is 228 g/mol. The van der Waals surface area contributed by atoms with Crippen LogP contribution in [0.25, 0.3) is 11.3 Å². The molecule has 5 heteroatoms. The lowest BCUT2D eigenvalue weighted by Gasteiger charge is -2.00. The van der Waals surface area contributed by atoms with Gasteiger partial charge in [-0.1, -0.05) is 41.4 Å². The highest BCUT2D eigenvalue weighted by atomic mass is 35.5. The van der Waals surface area contributed by atoms with Gasteiger partial charge in [-0.15, -0.1) is 0 Å². The highest BCUT2D eigenvalue weighted by Gasteiger charge is 2.12. The van der Waals surface area contributed by atoms with Crippen molar-refractivity contribution in [3.05, 3.63) is 34.3 Å². The molecule has 1 aromatic carbocycles. The van der Waals surface area contributed by atoms with Gasteiger partial charge in [0.2, 0.25) is 0 Å². The third kappa shape index (κ3) is 1.45. The van der Waals surface area contributed by atoms with Crippen LogP contribution in [0.3, 0.4) is 0 Å². The smallest absolute Gasteiger partial charge is 0.164 e. The predicted octanol–water partition coefficient (Wildman–Crippen LogP) is 2.97. The highest BCUT2D eigenvalue weighted by molar-refractivity contribution is 6.37. The summed E-state index contributed by atoms with van der Waals surface area (Å²) in [6, 6.07) is 7.35. The SMILES string of the molecule is Nc1n[nH]c(-c2ccccc2Cl)c1Cl. The molecule has 1 heterocycles. The normalized spacial score (nSPS) is 10.4. The molecule has 0 bridgehead atoms. The maximum atomic E-state index is 5.99. The Morgan fingerprint density at radius 3 is 2.50 bits per heavy atom. The molecular weight excluding hydrogens is 221 g/mol. The Labute approximate surface area is 90.8 Å². The van der Waals surface area contributed by atoms with Crippen molar-refractivity contribution in [3.8, 4) is 11.3 Å². The Morgan fingerprint density at radius 2 is 1.93 bits per heavy atom. The van der Waals surface area contributed by atoms with Gasteiger partial charge >= 0.3 is 0 Å². The van der Waals surface area contributed by atoms with Gasteiger partial charge in [-0.2, -0.15) is 5.10 Å². The monoisotopic (exact) mass is 227 g/mol. The topological polar surface area (TPSA) is 54.7 Å². The number of hydrogen-bond acceptors (Lipinski definition) is 2. The quantitative estimate of drug-likeness (QED) is 0.788. The van der Waals surface area contributed by atoms with Crippen LogP contribution in [0.4, 0.5) is 5.82 Å². The molecule has 0 amide bonds. The Balaban J connectivity index is 2.60. The van der Waals surface area contributed by atoms with Gasteiger partial charge < -0.3 is 5.73 Å². The van der Waals surface area contributed by atoms with Gasteiger partial charge in [-0.25, -0.2) is 0 Å². The lowest BCUT2D eigenvalue weighted by molar-refractivity contribution is 1.10. The van der Waals surface area contributed by atoms with Crippen LogP contribution in [0.2, 0.25) is 10.0 Å². The molecule has 72 valence electrons. The van der Waals surface area contributed by atoms with Crippen LogP contribution in [0.5, 0.6) is 0 Å². The Hall–Kier alpha value is -1.19. The number of rotatable bonds is 1. The van der Waals surface area contributed by atoms with Gasteiger partial charge in [-0.3, -0.25) is 5.10 Å².